The van der Waals surface area contributed by atoms with Gasteiger partial charge in [0.1, 0.15) is 0 Å². The fourth-order valence-electron chi connectivity index (χ4n) is 1.77. The normalized spacial score (nSPS) is 12.8. The van der Waals surface area contributed by atoms with Crippen LogP contribution in [-0.2, 0) is 0 Å². The molecule has 0 fully saturated rings. The molecule has 2 rings (SSSR count). The van der Waals surface area contributed by atoms with Crippen LogP contribution in [0.15, 0.2) is 64.1 Å². The molecular formula is C15H17BrN4. The minimum absolute atomic E-state index is 0.00497. The zero-order valence-corrected chi connectivity index (χ0v) is 12.8. The van der Waals surface area contributed by atoms with Crippen molar-refractivity contribution in [3.63, 3.8) is 0 Å². The summed E-state index contributed by atoms with van der Waals surface area (Å²) in [5, 5.41) is 3.15. The Hall–Kier alpha value is -1.85. The van der Waals surface area contributed by atoms with Crippen LogP contribution in [0.3, 0.4) is 0 Å². The zero-order chi connectivity index (χ0) is 14.4. The van der Waals surface area contributed by atoms with Crippen LogP contribution in [0, 0.1) is 0 Å². The second-order valence-corrected chi connectivity index (χ2v) is 5.26. The Morgan fingerprint density at radius 2 is 1.75 bits per heavy atom. The highest BCUT2D eigenvalue weighted by atomic mass is 79.9. The number of nitrogens with zero attached hydrogens (tertiary/aromatic N) is 1. The van der Waals surface area contributed by atoms with Crippen LogP contribution in [0.2, 0.25) is 0 Å². The lowest BCUT2D eigenvalue weighted by Gasteiger charge is -2.13. The first-order valence-electron chi connectivity index (χ1n) is 6.31. The van der Waals surface area contributed by atoms with E-state index in [1.54, 1.807) is 0 Å². The lowest BCUT2D eigenvalue weighted by Crippen LogP contribution is -2.36. The Morgan fingerprint density at radius 1 is 1.10 bits per heavy atom. The number of anilines is 1. The number of aliphatic imine (C=N–C) groups is 1. The molecule has 0 heterocycles. The van der Waals surface area contributed by atoms with Crippen LogP contribution in [0.25, 0.3) is 0 Å². The molecule has 4 nitrogen and oxygen atoms in total. The van der Waals surface area contributed by atoms with Crippen molar-refractivity contribution in [1.29, 1.82) is 0 Å². The van der Waals surface area contributed by atoms with E-state index in [1.807, 2.05) is 61.5 Å². The van der Waals surface area contributed by atoms with Gasteiger partial charge in [-0.05, 0) is 36.8 Å². The monoisotopic (exact) mass is 332 g/mol. The van der Waals surface area contributed by atoms with E-state index in [0.29, 0.717) is 5.96 Å². The van der Waals surface area contributed by atoms with Crippen LogP contribution < -0.4 is 16.6 Å². The number of halogens is 1. The number of hydrogen-bond donors (Lipinski definition) is 3. The fourth-order valence-corrected chi connectivity index (χ4v) is 2.04. The number of hydrogen-bond acceptors (Lipinski definition) is 2. The third-order valence-corrected chi connectivity index (χ3v) is 3.38. The third kappa shape index (κ3) is 4.08. The lowest BCUT2D eigenvalue weighted by atomic mass is 10.1. The first-order chi connectivity index (χ1) is 9.69. The molecule has 0 aliphatic heterocycles. The highest BCUT2D eigenvalue weighted by Gasteiger charge is 2.05. The number of hydrazine groups is 1. The van der Waals surface area contributed by atoms with Gasteiger partial charge in [0.05, 0.1) is 6.04 Å². The molecule has 0 saturated carbocycles. The maximum Gasteiger partial charge on any atom is 0.210 e. The van der Waals surface area contributed by atoms with Crippen molar-refractivity contribution >= 4 is 27.6 Å². The summed E-state index contributed by atoms with van der Waals surface area (Å²) in [4.78, 5) is 4.54. The molecule has 0 radical (unpaired) electrons. The molecule has 5 heteroatoms. The molecule has 4 N–H and O–H groups in total. The fraction of sp³-hybridized carbons (Fsp3) is 0.133. The van der Waals surface area contributed by atoms with Crippen molar-refractivity contribution in [2.75, 3.05) is 5.32 Å². The number of nitrogens with two attached hydrogens (primary N) is 1. The summed E-state index contributed by atoms with van der Waals surface area (Å²) >= 11 is 3.42. The van der Waals surface area contributed by atoms with Gasteiger partial charge in [-0.25, -0.2) is 10.8 Å². The summed E-state index contributed by atoms with van der Waals surface area (Å²) in [6, 6.07) is 17.9. The molecule has 2 aromatic rings. The van der Waals surface area contributed by atoms with Crippen molar-refractivity contribution in [3.8, 4) is 0 Å². The zero-order valence-electron chi connectivity index (χ0n) is 11.2. The van der Waals surface area contributed by atoms with E-state index in [9.17, 15) is 0 Å². The Kier molecular flexibility index (Phi) is 5.15. The highest BCUT2D eigenvalue weighted by molar-refractivity contribution is 9.10. The summed E-state index contributed by atoms with van der Waals surface area (Å²) < 4.78 is 1.05. The van der Waals surface area contributed by atoms with Crippen LogP contribution >= 0.6 is 15.9 Å². The van der Waals surface area contributed by atoms with E-state index < -0.39 is 0 Å². The molecule has 0 spiro atoms. The first kappa shape index (κ1) is 14.6. The average molecular weight is 333 g/mol. The van der Waals surface area contributed by atoms with Gasteiger partial charge in [0.2, 0.25) is 5.96 Å². The number of benzene rings is 2. The molecule has 0 aromatic heterocycles. The largest absolute Gasteiger partial charge is 0.325 e. The van der Waals surface area contributed by atoms with Gasteiger partial charge in [0.15, 0.2) is 0 Å². The second-order valence-electron chi connectivity index (χ2n) is 4.34. The van der Waals surface area contributed by atoms with Gasteiger partial charge in [-0.3, -0.25) is 5.43 Å². The molecule has 0 bridgehead atoms. The lowest BCUT2D eigenvalue weighted by molar-refractivity contribution is 0.804. The van der Waals surface area contributed by atoms with Gasteiger partial charge in [-0.2, -0.15) is 0 Å². The Balaban J connectivity index is 2.12. The van der Waals surface area contributed by atoms with E-state index in [-0.39, 0.29) is 6.04 Å². The first-order valence-corrected chi connectivity index (χ1v) is 7.10. The smallest absolute Gasteiger partial charge is 0.210 e. The van der Waals surface area contributed by atoms with E-state index in [4.69, 9.17) is 5.84 Å². The van der Waals surface area contributed by atoms with Crippen molar-refractivity contribution in [2.45, 2.75) is 13.0 Å². The van der Waals surface area contributed by atoms with Crippen LogP contribution in [0.1, 0.15) is 18.5 Å². The summed E-state index contributed by atoms with van der Waals surface area (Å²) in [5.41, 5.74) is 4.65. The topological polar surface area (TPSA) is 62.4 Å². The summed E-state index contributed by atoms with van der Waals surface area (Å²) in [5.74, 6) is 6.05. The summed E-state index contributed by atoms with van der Waals surface area (Å²) in [6.07, 6.45) is 0. The van der Waals surface area contributed by atoms with Gasteiger partial charge >= 0.3 is 0 Å². The maximum absolute atomic E-state index is 5.52. The van der Waals surface area contributed by atoms with Gasteiger partial charge < -0.3 is 5.32 Å². The van der Waals surface area contributed by atoms with E-state index in [1.165, 1.54) is 0 Å². The molecule has 1 atom stereocenters. The summed E-state index contributed by atoms with van der Waals surface area (Å²) in [7, 11) is 0. The molecule has 1 unspecified atom stereocenters. The molecule has 104 valence electrons. The highest BCUT2D eigenvalue weighted by Crippen LogP contribution is 2.19. The van der Waals surface area contributed by atoms with E-state index in [0.717, 1.165) is 15.7 Å². The molecule has 0 amide bonds. The van der Waals surface area contributed by atoms with Gasteiger partial charge in [0, 0.05) is 10.2 Å². The maximum atomic E-state index is 5.52. The van der Waals surface area contributed by atoms with Gasteiger partial charge in [0.25, 0.3) is 0 Å². The molecule has 0 aliphatic carbocycles. The second kappa shape index (κ2) is 7.07. The predicted molar refractivity (Wildman–Crippen MR) is 87.4 cm³/mol. The molecule has 2 aromatic carbocycles. The minimum atomic E-state index is 0.00497. The van der Waals surface area contributed by atoms with E-state index in [2.05, 4.69) is 31.7 Å². The van der Waals surface area contributed by atoms with Crippen molar-refractivity contribution < 1.29 is 0 Å². The number of guanidine groups is 1. The molecular weight excluding hydrogens is 316 g/mol. The quantitative estimate of drug-likeness (QED) is 0.349. The SMILES string of the molecule is CC(N=C(NN)Nc1ccccc1)c1ccc(Br)cc1. The molecule has 20 heavy (non-hydrogen) atoms. The molecule has 0 saturated heterocycles. The molecule has 0 aliphatic rings. The standard InChI is InChI=1S/C15H17BrN4/c1-11(12-7-9-13(16)10-8-12)18-15(20-17)19-14-5-3-2-4-6-14/h2-11H,17H2,1H3,(H2,18,19,20). The Bertz CT molecular complexity index is 566. The van der Waals surface area contributed by atoms with Crippen molar-refractivity contribution in [1.82, 2.24) is 5.43 Å². The Morgan fingerprint density at radius 3 is 2.35 bits per heavy atom. The van der Waals surface area contributed by atoms with Gasteiger partial charge in [-0.1, -0.05) is 46.3 Å². The third-order valence-electron chi connectivity index (χ3n) is 2.85. The number of nitrogens with one attached hydrogen (secondary N) is 2. The minimum Gasteiger partial charge on any atom is -0.325 e. The van der Waals surface area contributed by atoms with Crippen LogP contribution in [-0.4, -0.2) is 5.96 Å². The van der Waals surface area contributed by atoms with Gasteiger partial charge in [-0.15, -0.1) is 0 Å². The predicted octanol–water partition coefficient (Wildman–Crippen LogP) is 3.44. The van der Waals surface area contributed by atoms with E-state index >= 15 is 0 Å². The average Bonchev–Trinajstić information content (AvgIpc) is 2.48. The summed E-state index contributed by atoms with van der Waals surface area (Å²) in [6.45, 7) is 2.02. The van der Waals surface area contributed by atoms with Crippen molar-refractivity contribution in [2.24, 2.45) is 10.8 Å². The number of para-hydroxylation sites is 1. The van der Waals surface area contributed by atoms with Crippen molar-refractivity contribution in [3.05, 3.63) is 64.6 Å². The van der Waals surface area contributed by atoms with Crippen LogP contribution in [0.4, 0.5) is 5.69 Å². The Labute approximate surface area is 127 Å². The number of rotatable bonds is 3. The van der Waals surface area contributed by atoms with Crippen LogP contribution in [0.5, 0.6) is 0 Å².